The highest BCUT2D eigenvalue weighted by Gasteiger charge is 2.25. The average Bonchev–Trinajstić information content (AvgIpc) is 1.62. The van der Waals surface area contributed by atoms with Crippen molar-refractivity contribution in [2.75, 3.05) is 5.33 Å². The van der Waals surface area contributed by atoms with Crippen molar-refractivity contribution in [2.24, 2.45) is 5.92 Å². The van der Waals surface area contributed by atoms with E-state index in [4.69, 9.17) is 0 Å². The molecule has 1 aliphatic carbocycles. The summed E-state index contributed by atoms with van der Waals surface area (Å²) in [6.45, 7) is 0. The minimum Gasteiger partial charge on any atom is -0.246 e. The van der Waals surface area contributed by atoms with E-state index in [1.165, 1.54) is 6.42 Å². The van der Waals surface area contributed by atoms with E-state index >= 15 is 0 Å². The van der Waals surface area contributed by atoms with Gasteiger partial charge in [-0.25, -0.2) is 4.39 Å². The molecule has 0 amide bonds. The highest BCUT2D eigenvalue weighted by atomic mass is 79.9. The van der Waals surface area contributed by atoms with Crippen molar-refractivity contribution in [2.45, 2.75) is 25.4 Å². The first kappa shape index (κ1) is 6.53. The van der Waals surface area contributed by atoms with Crippen molar-refractivity contribution in [1.82, 2.24) is 0 Å². The Balaban J connectivity index is 2.13. The van der Waals surface area contributed by atoms with Gasteiger partial charge in [0.15, 0.2) is 0 Å². The van der Waals surface area contributed by atoms with Crippen LogP contribution < -0.4 is 0 Å². The maximum Gasteiger partial charge on any atom is 0.113 e. The third kappa shape index (κ3) is 1.22. The molecule has 0 saturated heterocycles. The Bertz CT molecular complexity index is 68.2. The summed E-state index contributed by atoms with van der Waals surface area (Å²) in [6.07, 6.45) is 2.86. The fraction of sp³-hybridized carbons (Fsp3) is 1.00. The minimum absolute atomic E-state index is 0.384. The van der Waals surface area contributed by atoms with E-state index in [1.807, 2.05) is 0 Å². The first-order valence-electron chi connectivity index (χ1n) is 3.04. The molecule has 0 nitrogen and oxygen atoms in total. The Morgan fingerprint density at radius 3 is 2.38 bits per heavy atom. The van der Waals surface area contributed by atoms with Gasteiger partial charge in [0, 0.05) is 5.33 Å². The zero-order valence-corrected chi connectivity index (χ0v) is 6.33. The van der Waals surface area contributed by atoms with Gasteiger partial charge in [-0.2, -0.15) is 0 Å². The lowest BCUT2D eigenvalue weighted by atomic mass is 9.82. The first-order chi connectivity index (χ1) is 3.84. The predicted molar refractivity (Wildman–Crippen MR) is 36.0 cm³/mol. The predicted octanol–water partition coefficient (Wildman–Crippen LogP) is 2.52. The maximum atomic E-state index is 12.5. The average molecular weight is 181 g/mol. The summed E-state index contributed by atoms with van der Waals surface area (Å²) in [5, 5.41) is 0.525. The van der Waals surface area contributed by atoms with Crippen molar-refractivity contribution in [1.29, 1.82) is 0 Å². The molecule has 0 aromatic carbocycles. The second-order valence-corrected chi connectivity index (χ2v) is 3.01. The van der Waals surface area contributed by atoms with E-state index in [0.29, 0.717) is 11.2 Å². The number of hydrogen-bond donors (Lipinski definition) is 0. The second kappa shape index (κ2) is 2.81. The van der Waals surface area contributed by atoms with E-state index in [9.17, 15) is 4.39 Å². The molecule has 0 unspecified atom stereocenters. The molecule has 0 heterocycles. The third-order valence-electron chi connectivity index (χ3n) is 1.81. The van der Waals surface area contributed by atoms with Crippen LogP contribution in [0.25, 0.3) is 0 Å². The van der Waals surface area contributed by atoms with Crippen molar-refractivity contribution in [3.63, 3.8) is 0 Å². The molecule has 0 aliphatic heterocycles. The monoisotopic (exact) mass is 180 g/mol. The lowest BCUT2D eigenvalue weighted by molar-refractivity contribution is 0.169. The van der Waals surface area contributed by atoms with Gasteiger partial charge in [0.25, 0.3) is 0 Å². The summed E-state index contributed by atoms with van der Waals surface area (Å²) in [4.78, 5) is 0. The Hall–Kier alpha value is 0.410. The summed E-state index contributed by atoms with van der Waals surface area (Å²) in [6, 6.07) is 0. The van der Waals surface area contributed by atoms with Crippen molar-refractivity contribution < 1.29 is 4.39 Å². The van der Waals surface area contributed by atoms with Crippen LogP contribution in [0.3, 0.4) is 0 Å². The Morgan fingerprint density at radius 2 is 2.25 bits per heavy atom. The van der Waals surface area contributed by atoms with Crippen LogP contribution in [0.15, 0.2) is 0 Å². The summed E-state index contributed by atoms with van der Waals surface area (Å²) in [5.41, 5.74) is 0. The lowest BCUT2D eigenvalue weighted by Crippen LogP contribution is -2.23. The summed E-state index contributed by atoms with van der Waals surface area (Å²) in [7, 11) is 0. The van der Waals surface area contributed by atoms with Gasteiger partial charge in [-0.1, -0.05) is 22.4 Å². The molecular weight excluding hydrogens is 171 g/mol. The highest BCUT2D eigenvalue weighted by Crippen LogP contribution is 2.31. The van der Waals surface area contributed by atoms with Gasteiger partial charge in [-0.05, 0) is 18.8 Å². The lowest BCUT2D eigenvalue weighted by Gasteiger charge is -2.27. The summed E-state index contributed by atoms with van der Waals surface area (Å²) in [5.74, 6) is 0.384. The van der Waals surface area contributed by atoms with Gasteiger partial charge in [-0.3, -0.25) is 0 Å². The topological polar surface area (TPSA) is 0 Å². The number of rotatable bonds is 2. The SMILES string of the molecule is F[C@H](CBr)C1CCC1. The third-order valence-corrected chi connectivity index (χ3v) is 2.43. The normalized spacial score (nSPS) is 24.8. The molecule has 0 aromatic heterocycles. The van der Waals surface area contributed by atoms with Gasteiger partial charge in [0.2, 0.25) is 0 Å². The zero-order valence-electron chi connectivity index (χ0n) is 4.74. The smallest absolute Gasteiger partial charge is 0.113 e. The number of hydrogen-bond acceptors (Lipinski definition) is 0. The molecule has 0 aromatic rings. The van der Waals surface area contributed by atoms with Gasteiger partial charge < -0.3 is 0 Å². The quantitative estimate of drug-likeness (QED) is 0.574. The fourth-order valence-corrected chi connectivity index (χ4v) is 1.46. The molecule has 0 spiro atoms. The molecule has 1 rings (SSSR count). The van der Waals surface area contributed by atoms with Crippen LogP contribution in [0.1, 0.15) is 19.3 Å². The maximum absolute atomic E-state index is 12.5. The van der Waals surface area contributed by atoms with Crippen LogP contribution in [0.4, 0.5) is 4.39 Å². The first-order valence-corrected chi connectivity index (χ1v) is 4.17. The van der Waals surface area contributed by atoms with Crippen LogP contribution in [0, 0.1) is 5.92 Å². The minimum atomic E-state index is -0.580. The Kier molecular flexibility index (Phi) is 2.29. The fourth-order valence-electron chi connectivity index (χ4n) is 0.928. The van der Waals surface area contributed by atoms with Crippen LogP contribution >= 0.6 is 15.9 Å². The Morgan fingerprint density at radius 1 is 1.62 bits per heavy atom. The molecule has 1 fully saturated rings. The molecule has 8 heavy (non-hydrogen) atoms. The van der Waals surface area contributed by atoms with Crippen molar-refractivity contribution in [3.05, 3.63) is 0 Å². The number of halogens is 2. The second-order valence-electron chi connectivity index (χ2n) is 2.36. The number of alkyl halides is 2. The molecular formula is C6H10BrF. The highest BCUT2D eigenvalue weighted by molar-refractivity contribution is 9.09. The molecule has 0 radical (unpaired) electrons. The zero-order chi connectivity index (χ0) is 5.98. The van der Waals surface area contributed by atoms with Gasteiger partial charge in [0.1, 0.15) is 6.17 Å². The van der Waals surface area contributed by atoms with Crippen LogP contribution in [-0.4, -0.2) is 11.5 Å². The summed E-state index contributed by atoms with van der Waals surface area (Å²) < 4.78 is 12.5. The van der Waals surface area contributed by atoms with E-state index in [1.54, 1.807) is 0 Å². The molecule has 0 bridgehead atoms. The van der Waals surface area contributed by atoms with Crippen molar-refractivity contribution in [3.8, 4) is 0 Å². The van der Waals surface area contributed by atoms with E-state index in [-0.39, 0.29) is 0 Å². The standard InChI is InChI=1S/C6H10BrF/c7-4-6(8)5-2-1-3-5/h5-6H,1-4H2/t6-/m1/s1. The van der Waals surface area contributed by atoms with Gasteiger partial charge >= 0.3 is 0 Å². The van der Waals surface area contributed by atoms with Crippen LogP contribution in [-0.2, 0) is 0 Å². The van der Waals surface area contributed by atoms with Crippen molar-refractivity contribution >= 4 is 15.9 Å². The molecule has 1 aliphatic rings. The largest absolute Gasteiger partial charge is 0.246 e. The molecule has 1 saturated carbocycles. The molecule has 48 valence electrons. The van der Waals surface area contributed by atoms with Gasteiger partial charge in [-0.15, -0.1) is 0 Å². The van der Waals surface area contributed by atoms with E-state index in [2.05, 4.69) is 15.9 Å². The van der Waals surface area contributed by atoms with Gasteiger partial charge in [0.05, 0.1) is 0 Å². The molecule has 0 N–H and O–H groups in total. The summed E-state index contributed by atoms with van der Waals surface area (Å²) >= 11 is 3.12. The van der Waals surface area contributed by atoms with E-state index < -0.39 is 6.17 Å². The molecule has 2 heteroatoms. The molecule has 1 atom stereocenters. The van der Waals surface area contributed by atoms with Crippen LogP contribution in [0.2, 0.25) is 0 Å². The van der Waals surface area contributed by atoms with E-state index in [0.717, 1.165) is 12.8 Å². The Labute approximate surface area is 57.6 Å². The van der Waals surface area contributed by atoms with Crippen LogP contribution in [0.5, 0.6) is 0 Å².